The molecule has 0 radical (unpaired) electrons. The summed E-state index contributed by atoms with van der Waals surface area (Å²) in [5, 5.41) is 11.3. The maximum atomic E-state index is 12.9. The molecule has 34 heavy (non-hydrogen) atoms. The van der Waals surface area contributed by atoms with Crippen LogP contribution in [0.1, 0.15) is 46.2 Å². The molecule has 1 aliphatic rings. The van der Waals surface area contributed by atoms with Crippen molar-refractivity contribution in [2.75, 3.05) is 18.4 Å². The van der Waals surface area contributed by atoms with Gasteiger partial charge in [-0.05, 0) is 57.1 Å². The molecule has 1 saturated heterocycles. The number of rotatable bonds is 3. The normalized spacial score (nSPS) is 15.2. The number of pyridine rings is 1. The topological polar surface area (TPSA) is 104 Å². The third-order valence-corrected chi connectivity index (χ3v) is 6.09. The number of carbonyl (C=O) groups is 1. The van der Waals surface area contributed by atoms with Crippen LogP contribution < -0.4 is 16.2 Å². The highest BCUT2D eigenvalue weighted by Crippen LogP contribution is 2.31. The fourth-order valence-electron chi connectivity index (χ4n) is 4.45. The average Bonchev–Trinajstić information content (AvgIpc) is 3.17. The molecule has 176 valence electrons. The minimum atomic E-state index is -4.60. The second-order valence-electron chi connectivity index (χ2n) is 8.32. The van der Waals surface area contributed by atoms with Gasteiger partial charge in [0.2, 0.25) is 0 Å². The van der Waals surface area contributed by atoms with Gasteiger partial charge in [-0.3, -0.25) is 9.59 Å². The summed E-state index contributed by atoms with van der Waals surface area (Å²) in [6, 6.07) is 8.58. The first-order valence-electron chi connectivity index (χ1n) is 10.8. The number of aryl methyl sites for hydroxylation is 1. The number of amides is 1. The Kier molecular flexibility index (Phi) is 5.35. The first-order chi connectivity index (χ1) is 16.2. The molecule has 3 N–H and O–H groups in total. The standard InChI is InChI=1S/C23H21F3N6O2/c1-12-14(5-6-18(28-12)23(24,25)26)22(34)29-15-3-2-4-16-20(15)21-30-19(33)11-17(32(21)31-16)13-7-9-27-10-8-13/h2-6,11,13,27H,7-10H2,1H3,(H,29,34)(H,30,33). The van der Waals surface area contributed by atoms with Gasteiger partial charge >= 0.3 is 6.18 Å². The predicted octanol–water partition coefficient (Wildman–Crippen LogP) is 3.62. The number of H-pyrrole nitrogens is 1. The molecule has 0 unspecified atom stereocenters. The van der Waals surface area contributed by atoms with Crippen LogP contribution in [0.3, 0.4) is 0 Å². The number of carbonyl (C=O) groups excluding carboxylic acids is 1. The number of benzene rings is 1. The molecule has 1 aliphatic heterocycles. The lowest BCUT2D eigenvalue weighted by atomic mass is 9.94. The molecule has 0 bridgehead atoms. The summed E-state index contributed by atoms with van der Waals surface area (Å²) in [6.45, 7) is 3.05. The molecule has 5 rings (SSSR count). The summed E-state index contributed by atoms with van der Waals surface area (Å²) < 4.78 is 40.5. The van der Waals surface area contributed by atoms with Gasteiger partial charge in [0.1, 0.15) is 11.3 Å². The highest BCUT2D eigenvalue weighted by Gasteiger charge is 2.33. The molecule has 0 spiro atoms. The quantitative estimate of drug-likeness (QED) is 0.424. The summed E-state index contributed by atoms with van der Waals surface area (Å²) >= 11 is 0. The molecule has 1 amide bonds. The molecular weight excluding hydrogens is 449 g/mol. The number of aromatic nitrogens is 4. The van der Waals surface area contributed by atoms with E-state index in [4.69, 9.17) is 0 Å². The van der Waals surface area contributed by atoms with Crippen molar-refractivity contribution in [3.05, 3.63) is 69.4 Å². The molecule has 3 aromatic heterocycles. The van der Waals surface area contributed by atoms with Crippen molar-refractivity contribution >= 4 is 28.1 Å². The first kappa shape index (κ1) is 22.1. The van der Waals surface area contributed by atoms with Gasteiger partial charge in [0.25, 0.3) is 11.5 Å². The van der Waals surface area contributed by atoms with Crippen molar-refractivity contribution in [3.63, 3.8) is 0 Å². The zero-order valence-corrected chi connectivity index (χ0v) is 18.2. The van der Waals surface area contributed by atoms with Crippen LogP contribution in [0.4, 0.5) is 18.9 Å². The molecule has 8 nitrogen and oxygen atoms in total. The van der Waals surface area contributed by atoms with E-state index in [1.165, 1.54) is 6.92 Å². The smallest absolute Gasteiger partial charge is 0.321 e. The lowest BCUT2D eigenvalue weighted by Crippen LogP contribution is -2.28. The number of anilines is 1. The van der Waals surface area contributed by atoms with Crippen molar-refractivity contribution < 1.29 is 18.0 Å². The van der Waals surface area contributed by atoms with E-state index >= 15 is 0 Å². The fraction of sp³-hybridized carbons (Fsp3) is 0.304. The number of hydrogen-bond donors (Lipinski definition) is 3. The molecule has 4 heterocycles. The molecular formula is C23H21F3N6O2. The van der Waals surface area contributed by atoms with Crippen LogP contribution in [0, 0.1) is 6.92 Å². The van der Waals surface area contributed by atoms with Gasteiger partial charge in [-0.15, -0.1) is 0 Å². The number of halogens is 3. The Morgan fingerprint density at radius 3 is 2.65 bits per heavy atom. The van der Waals surface area contributed by atoms with E-state index in [1.54, 1.807) is 28.8 Å². The number of hydrogen-bond acceptors (Lipinski definition) is 5. The second kappa shape index (κ2) is 8.24. The maximum absolute atomic E-state index is 12.9. The number of nitrogens with one attached hydrogen (secondary N) is 3. The highest BCUT2D eigenvalue weighted by molar-refractivity contribution is 6.12. The van der Waals surface area contributed by atoms with Gasteiger partial charge in [-0.2, -0.15) is 18.3 Å². The lowest BCUT2D eigenvalue weighted by Gasteiger charge is -2.23. The number of alkyl halides is 3. The van der Waals surface area contributed by atoms with E-state index in [0.29, 0.717) is 22.2 Å². The molecule has 4 aromatic rings. The van der Waals surface area contributed by atoms with Gasteiger partial charge in [-0.25, -0.2) is 9.50 Å². The van der Waals surface area contributed by atoms with Gasteiger partial charge in [0.05, 0.1) is 33.5 Å². The minimum Gasteiger partial charge on any atom is -0.321 e. The van der Waals surface area contributed by atoms with Crippen LogP contribution in [0.5, 0.6) is 0 Å². The van der Waals surface area contributed by atoms with Crippen LogP contribution >= 0.6 is 0 Å². The number of aromatic amines is 1. The van der Waals surface area contributed by atoms with E-state index in [0.717, 1.165) is 43.8 Å². The SMILES string of the molecule is Cc1nc(C(F)(F)F)ccc1C(=O)Nc1cccc2nn3c(C4CCNCC4)cc(=O)[nH]c3c12. The van der Waals surface area contributed by atoms with Crippen molar-refractivity contribution in [1.29, 1.82) is 0 Å². The van der Waals surface area contributed by atoms with Crippen LogP contribution in [0.25, 0.3) is 16.6 Å². The predicted molar refractivity (Wildman–Crippen MR) is 120 cm³/mol. The maximum Gasteiger partial charge on any atom is 0.433 e. The summed E-state index contributed by atoms with van der Waals surface area (Å²) in [7, 11) is 0. The lowest BCUT2D eigenvalue weighted by molar-refractivity contribution is -0.141. The second-order valence-corrected chi connectivity index (χ2v) is 8.32. The molecule has 0 saturated carbocycles. The summed E-state index contributed by atoms with van der Waals surface area (Å²) in [6.07, 6.45) is -2.85. The largest absolute Gasteiger partial charge is 0.433 e. The number of fused-ring (bicyclic) bond motifs is 3. The molecule has 1 fully saturated rings. The van der Waals surface area contributed by atoms with Crippen molar-refractivity contribution in [2.45, 2.75) is 31.9 Å². The average molecular weight is 470 g/mol. The Balaban J connectivity index is 1.57. The van der Waals surface area contributed by atoms with Crippen molar-refractivity contribution in [3.8, 4) is 0 Å². The van der Waals surface area contributed by atoms with Crippen LogP contribution in [0.15, 0.2) is 41.2 Å². The summed E-state index contributed by atoms with van der Waals surface area (Å²) in [5.41, 5.74) is 0.852. The van der Waals surface area contributed by atoms with Crippen LogP contribution in [-0.2, 0) is 6.18 Å². The monoisotopic (exact) mass is 470 g/mol. The molecule has 0 atom stereocenters. The van der Waals surface area contributed by atoms with Crippen molar-refractivity contribution in [1.82, 2.24) is 24.9 Å². The van der Waals surface area contributed by atoms with Crippen LogP contribution in [0.2, 0.25) is 0 Å². The molecule has 1 aromatic carbocycles. The van der Waals surface area contributed by atoms with Gasteiger partial charge < -0.3 is 15.6 Å². The Labute approximate surface area is 191 Å². The first-order valence-corrected chi connectivity index (χ1v) is 10.8. The van der Waals surface area contributed by atoms with Crippen molar-refractivity contribution in [2.24, 2.45) is 0 Å². The summed E-state index contributed by atoms with van der Waals surface area (Å²) in [5.74, 6) is -0.443. The zero-order valence-electron chi connectivity index (χ0n) is 18.2. The van der Waals surface area contributed by atoms with E-state index < -0.39 is 17.8 Å². The van der Waals surface area contributed by atoms with E-state index in [2.05, 4.69) is 25.7 Å². The van der Waals surface area contributed by atoms with Gasteiger partial charge in [0.15, 0.2) is 0 Å². The number of piperidine rings is 1. The van der Waals surface area contributed by atoms with Gasteiger partial charge in [-0.1, -0.05) is 6.07 Å². The van der Waals surface area contributed by atoms with Gasteiger partial charge in [0, 0.05) is 12.0 Å². The molecule has 11 heteroatoms. The molecule has 0 aliphatic carbocycles. The van der Waals surface area contributed by atoms with E-state index in [-0.39, 0.29) is 22.7 Å². The fourth-order valence-corrected chi connectivity index (χ4v) is 4.45. The number of nitrogens with zero attached hydrogens (tertiary/aromatic N) is 3. The Morgan fingerprint density at radius 1 is 1.18 bits per heavy atom. The Hall–Kier alpha value is -3.73. The van der Waals surface area contributed by atoms with E-state index in [9.17, 15) is 22.8 Å². The zero-order chi connectivity index (χ0) is 24.0. The third-order valence-electron chi connectivity index (χ3n) is 6.09. The van der Waals surface area contributed by atoms with Crippen LogP contribution in [-0.4, -0.2) is 38.6 Å². The third kappa shape index (κ3) is 3.92. The highest BCUT2D eigenvalue weighted by atomic mass is 19.4. The minimum absolute atomic E-state index is 0.0189. The Morgan fingerprint density at radius 2 is 1.94 bits per heavy atom. The van der Waals surface area contributed by atoms with E-state index in [1.807, 2.05) is 0 Å². The Bertz CT molecular complexity index is 1470. The summed E-state index contributed by atoms with van der Waals surface area (Å²) in [4.78, 5) is 31.8.